The van der Waals surface area contributed by atoms with Gasteiger partial charge in [0.15, 0.2) is 5.49 Å². The molecule has 3 rings (SSSR count). The largest absolute Gasteiger partial charge is 0.272 e. The fourth-order valence-corrected chi connectivity index (χ4v) is 1.88. The smallest absolute Gasteiger partial charge is 0.267 e. The number of aromatic nitrogens is 2. The van der Waals surface area contributed by atoms with E-state index in [1.54, 1.807) is 24.7 Å². The molecule has 6 heteroatoms. The van der Waals surface area contributed by atoms with Crippen molar-refractivity contribution in [3.63, 3.8) is 0 Å². The molecule has 3 heterocycles. The molecule has 1 aliphatic heterocycles. The summed E-state index contributed by atoms with van der Waals surface area (Å²) in [5, 5.41) is 0.842. The molecule has 0 fully saturated rings. The highest BCUT2D eigenvalue weighted by Gasteiger charge is 2.08. The Morgan fingerprint density at radius 1 is 1.00 bits per heavy atom. The third-order valence-electron chi connectivity index (χ3n) is 2.69. The Hall–Kier alpha value is -1.78. The number of amides is 1. The van der Waals surface area contributed by atoms with Gasteiger partial charge in [0.1, 0.15) is 0 Å². The summed E-state index contributed by atoms with van der Waals surface area (Å²) in [4.78, 5) is 23.1. The van der Waals surface area contributed by atoms with Crippen molar-refractivity contribution in [3.05, 3.63) is 58.6 Å². The summed E-state index contributed by atoms with van der Waals surface area (Å²) < 4.78 is 0. The zero-order valence-corrected chi connectivity index (χ0v) is 11.4. The standard InChI is InChI=1S/C13H9N3O.2ClH/c17-12-8-11-10(3-6-15-13(11)16-12)7-9-1-4-14-5-2-9;;/h1-6,8H,7H2;2*1H. The zero-order valence-electron chi connectivity index (χ0n) is 9.81. The van der Waals surface area contributed by atoms with Crippen molar-refractivity contribution in [3.8, 4) is 0 Å². The molecule has 0 unspecified atom stereocenters. The third-order valence-corrected chi connectivity index (χ3v) is 2.69. The molecular formula is C13H11Cl2N3O. The van der Waals surface area contributed by atoms with Gasteiger partial charge in [-0.3, -0.25) is 9.78 Å². The minimum Gasteiger partial charge on any atom is -0.267 e. The normalized spacial score (nSPS) is 11.5. The Morgan fingerprint density at radius 3 is 2.47 bits per heavy atom. The van der Waals surface area contributed by atoms with Crippen LogP contribution in [0.2, 0.25) is 0 Å². The number of carbonyl (C=O) groups excluding carboxylic acids is 1. The van der Waals surface area contributed by atoms with Crippen LogP contribution in [-0.2, 0) is 11.2 Å². The molecule has 1 amide bonds. The van der Waals surface area contributed by atoms with Gasteiger partial charge in [-0.25, -0.2) is 4.98 Å². The van der Waals surface area contributed by atoms with Crippen molar-refractivity contribution < 1.29 is 4.79 Å². The summed E-state index contributed by atoms with van der Waals surface area (Å²) in [6.45, 7) is 0. The average Bonchev–Trinajstić information content (AvgIpc) is 2.72. The van der Waals surface area contributed by atoms with Crippen molar-refractivity contribution in [2.24, 2.45) is 4.99 Å². The number of hydrogen-bond acceptors (Lipinski definition) is 3. The molecule has 0 N–H and O–H groups in total. The zero-order chi connectivity index (χ0) is 11.7. The van der Waals surface area contributed by atoms with Crippen LogP contribution in [0, 0.1) is 0 Å². The number of rotatable bonds is 2. The van der Waals surface area contributed by atoms with E-state index in [9.17, 15) is 4.79 Å². The molecule has 2 aromatic rings. The van der Waals surface area contributed by atoms with Gasteiger partial charge < -0.3 is 0 Å². The SMILES string of the molecule is Cl.Cl.O=C1C=c2c(Cc3ccncc3)ccnc2=N1. The van der Waals surface area contributed by atoms with Crippen LogP contribution < -0.4 is 10.7 Å². The fourth-order valence-electron chi connectivity index (χ4n) is 1.88. The van der Waals surface area contributed by atoms with Gasteiger partial charge in [-0.1, -0.05) is 0 Å². The number of hydrogen-bond donors (Lipinski definition) is 0. The Bertz CT molecular complexity index is 702. The monoisotopic (exact) mass is 295 g/mol. The highest BCUT2D eigenvalue weighted by molar-refractivity contribution is 6.06. The van der Waals surface area contributed by atoms with E-state index in [1.807, 2.05) is 18.2 Å². The second kappa shape index (κ2) is 6.41. The first-order chi connectivity index (χ1) is 8.33. The lowest BCUT2D eigenvalue weighted by atomic mass is 10.1. The molecule has 0 aliphatic carbocycles. The van der Waals surface area contributed by atoms with E-state index in [0.717, 1.165) is 22.8 Å². The second-order valence-corrected chi connectivity index (χ2v) is 3.83. The summed E-state index contributed by atoms with van der Waals surface area (Å²) in [6, 6.07) is 5.84. The van der Waals surface area contributed by atoms with Crippen LogP contribution in [-0.4, -0.2) is 15.9 Å². The number of nitrogens with zero attached hydrogens (tertiary/aromatic N) is 3. The summed E-state index contributed by atoms with van der Waals surface area (Å²) in [5.74, 6) is -0.227. The Balaban J connectivity index is 0.000000902. The predicted molar refractivity (Wildman–Crippen MR) is 76.0 cm³/mol. The molecule has 0 aromatic carbocycles. The van der Waals surface area contributed by atoms with Crippen molar-refractivity contribution in [2.75, 3.05) is 0 Å². The van der Waals surface area contributed by atoms with Crippen molar-refractivity contribution in [2.45, 2.75) is 6.42 Å². The topological polar surface area (TPSA) is 55.2 Å². The Kier molecular flexibility index (Phi) is 5.15. The summed E-state index contributed by atoms with van der Waals surface area (Å²) in [5.41, 5.74) is 2.75. The van der Waals surface area contributed by atoms with E-state index < -0.39 is 0 Å². The lowest BCUT2D eigenvalue weighted by Crippen LogP contribution is -2.28. The maximum absolute atomic E-state index is 11.2. The van der Waals surface area contributed by atoms with Gasteiger partial charge in [-0.2, -0.15) is 4.99 Å². The summed E-state index contributed by atoms with van der Waals surface area (Å²) >= 11 is 0. The highest BCUT2D eigenvalue weighted by atomic mass is 35.5. The molecule has 0 atom stereocenters. The molecule has 98 valence electrons. The number of fused-ring (bicyclic) bond motifs is 1. The van der Waals surface area contributed by atoms with Crippen LogP contribution in [0.4, 0.5) is 0 Å². The minimum absolute atomic E-state index is 0. The van der Waals surface area contributed by atoms with E-state index >= 15 is 0 Å². The molecule has 0 saturated carbocycles. The van der Waals surface area contributed by atoms with Crippen molar-refractivity contribution >= 4 is 36.8 Å². The lowest BCUT2D eigenvalue weighted by molar-refractivity contribution is -0.112. The molecular weight excluding hydrogens is 285 g/mol. The third kappa shape index (κ3) is 3.16. The molecule has 0 spiro atoms. The highest BCUT2D eigenvalue weighted by Crippen LogP contribution is 2.03. The van der Waals surface area contributed by atoms with E-state index in [4.69, 9.17) is 0 Å². The number of halogens is 2. The van der Waals surface area contributed by atoms with Crippen molar-refractivity contribution in [1.29, 1.82) is 0 Å². The van der Waals surface area contributed by atoms with Gasteiger partial charge in [0, 0.05) is 29.9 Å². The van der Waals surface area contributed by atoms with Gasteiger partial charge in [0.2, 0.25) is 0 Å². The molecule has 0 bridgehead atoms. The average molecular weight is 296 g/mol. The minimum atomic E-state index is -0.227. The summed E-state index contributed by atoms with van der Waals surface area (Å²) in [6.07, 6.45) is 7.50. The van der Waals surface area contributed by atoms with Crippen LogP contribution >= 0.6 is 24.8 Å². The predicted octanol–water partition coefficient (Wildman–Crippen LogP) is 0.851. The van der Waals surface area contributed by atoms with E-state index in [2.05, 4.69) is 15.0 Å². The van der Waals surface area contributed by atoms with Gasteiger partial charge in [0.25, 0.3) is 5.91 Å². The Labute approximate surface area is 122 Å². The van der Waals surface area contributed by atoms with Gasteiger partial charge in [-0.15, -0.1) is 24.8 Å². The Morgan fingerprint density at radius 2 is 1.74 bits per heavy atom. The number of pyridine rings is 2. The van der Waals surface area contributed by atoms with Crippen LogP contribution in [0.1, 0.15) is 11.1 Å². The van der Waals surface area contributed by atoms with Crippen LogP contribution in [0.3, 0.4) is 0 Å². The first-order valence-electron chi connectivity index (χ1n) is 5.30. The van der Waals surface area contributed by atoms with E-state index in [0.29, 0.717) is 5.49 Å². The van der Waals surface area contributed by atoms with E-state index in [1.165, 1.54) is 0 Å². The molecule has 19 heavy (non-hydrogen) atoms. The second-order valence-electron chi connectivity index (χ2n) is 3.83. The van der Waals surface area contributed by atoms with Gasteiger partial charge >= 0.3 is 0 Å². The van der Waals surface area contributed by atoms with Crippen molar-refractivity contribution in [1.82, 2.24) is 9.97 Å². The number of carbonyl (C=O) groups is 1. The van der Waals surface area contributed by atoms with Crippen LogP contribution in [0.15, 0.2) is 41.8 Å². The molecule has 0 radical (unpaired) electrons. The maximum atomic E-state index is 11.2. The molecule has 1 aliphatic rings. The first kappa shape index (κ1) is 15.3. The van der Waals surface area contributed by atoms with Gasteiger partial charge in [0.05, 0.1) is 0 Å². The lowest BCUT2D eigenvalue weighted by Gasteiger charge is -2.00. The van der Waals surface area contributed by atoms with E-state index in [-0.39, 0.29) is 30.7 Å². The van der Waals surface area contributed by atoms with Gasteiger partial charge in [-0.05, 0) is 35.7 Å². The fraction of sp³-hybridized carbons (Fsp3) is 0.0769. The molecule has 2 aromatic heterocycles. The van der Waals surface area contributed by atoms with Crippen LogP contribution in [0.25, 0.3) is 6.08 Å². The molecule has 4 nitrogen and oxygen atoms in total. The summed E-state index contributed by atoms with van der Waals surface area (Å²) in [7, 11) is 0. The maximum Gasteiger partial charge on any atom is 0.272 e. The quantitative estimate of drug-likeness (QED) is 0.825. The first-order valence-corrected chi connectivity index (χ1v) is 5.30. The van der Waals surface area contributed by atoms with Crippen LogP contribution in [0.5, 0.6) is 0 Å². The molecule has 0 saturated heterocycles.